The summed E-state index contributed by atoms with van der Waals surface area (Å²) in [4.78, 5) is 12.5. The number of ether oxygens (including phenoxy) is 3. The van der Waals surface area contributed by atoms with Crippen molar-refractivity contribution in [1.29, 1.82) is 0 Å². The number of esters is 1. The zero-order valence-electron chi connectivity index (χ0n) is 14.1. The number of fused-ring (bicyclic) bond motifs is 1. The van der Waals surface area contributed by atoms with Gasteiger partial charge >= 0.3 is 5.97 Å². The van der Waals surface area contributed by atoms with E-state index in [4.69, 9.17) is 19.9 Å². The fraction of sp³-hybridized carbons (Fsp3) is 0.294. The minimum absolute atomic E-state index is 0.0454. The zero-order valence-corrected chi connectivity index (χ0v) is 14.1. The van der Waals surface area contributed by atoms with E-state index in [0.29, 0.717) is 22.8 Å². The summed E-state index contributed by atoms with van der Waals surface area (Å²) in [6, 6.07) is 4.89. The number of aryl methyl sites for hydroxylation is 1. The Balaban J connectivity index is 2.19. The number of carbonyl (C=O) groups is 1. The highest BCUT2D eigenvalue weighted by Crippen LogP contribution is 2.44. The third kappa shape index (κ3) is 2.75. The van der Waals surface area contributed by atoms with Crippen LogP contribution < -0.4 is 15.2 Å². The number of hydrogen-bond acceptors (Lipinski definition) is 7. The van der Waals surface area contributed by atoms with Crippen LogP contribution >= 0.6 is 0 Å². The number of aromatic amines is 1. The van der Waals surface area contributed by atoms with Crippen LogP contribution in [0.2, 0.25) is 0 Å². The molecule has 0 amide bonds. The second-order valence-corrected chi connectivity index (χ2v) is 5.53. The SMILES string of the molecule is CCOC(=O)C1=C(N)Oc2n[nH]c(C)c2C1c1ccc(OC)c(O)c1. The number of carbonyl (C=O) groups excluding carboxylic acids is 1. The van der Waals surface area contributed by atoms with Crippen LogP contribution in [-0.4, -0.2) is 35.0 Å². The van der Waals surface area contributed by atoms with Gasteiger partial charge in [0.15, 0.2) is 11.5 Å². The Bertz CT molecular complexity index is 856. The van der Waals surface area contributed by atoms with Crippen molar-refractivity contribution in [2.45, 2.75) is 19.8 Å². The second kappa shape index (κ2) is 6.39. The van der Waals surface area contributed by atoms with Gasteiger partial charge in [0.05, 0.1) is 19.6 Å². The largest absolute Gasteiger partial charge is 0.504 e. The van der Waals surface area contributed by atoms with Crippen molar-refractivity contribution in [1.82, 2.24) is 10.2 Å². The molecule has 3 rings (SSSR count). The number of hydrogen-bond donors (Lipinski definition) is 3. The van der Waals surface area contributed by atoms with Crippen molar-refractivity contribution >= 4 is 5.97 Å². The first-order valence-corrected chi connectivity index (χ1v) is 7.74. The van der Waals surface area contributed by atoms with Gasteiger partial charge in [0.2, 0.25) is 11.8 Å². The van der Waals surface area contributed by atoms with E-state index in [1.54, 1.807) is 19.1 Å². The van der Waals surface area contributed by atoms with Gasteiger partial charge < -0.3 is 25.1 Å². The number of aromatic hydroxyl groups is 1. The van der Waals surface area contributed by atoms with Gasteiger partial charge in [-0.25, -0.2) is 4.79 Å². The number of phenols is 1. The minimum Gasteiger partial charge on any atom is -0.504 e. The highest BCUT2D eigenvalue weighted by atomic mass is 16.5. The van der Waals surface area contributed by atoms with Crippen molar-refractivity contribution in [3.05, 3.63) is 46.5 Å². The molecule has 0 spiro atoms. The fourth-order valence-electron chi connectivity index (χ4n) is 2.93. The average molecular weight is 345 g/mol. The molecule has 2 aromatic rings. The maximum absolute atomic E-state index is 12.5. The molecule has 1 atom stereocenters. The molecule has 8 nitrogen and oxygen atoms in total. The summed E-state index contributed by atoms with van der Waals surface area (Å²) in [5.41, 5.74) is 8.17. The normalized spacial score (nSPS) is 16.2. The molecule has 0 radical (unpaired) electrons. The fourth-order valence-corrected chi connectivity index (χ4v) is 2.93. The van der Waals surface area contributed by atoms with Crippen molar-refractivity contribution in [3.8, 4) is 17.4 Å². The first-order valence-electron chi connectivity index (χ1n) is 7.74. The average Bonchev–Trinajstić information content (AvgIpc) is 2.94. The predicted molar refractivity (Wildman–Crippen MR) is 88.3 cm³/mol. The van der Waals surface area contributed by atoms with Gasteiger partial charge in [-0.05, 0) is 31.5 Å². The lowest BCUT2D eigenvalue weighted by molar-refractivity contribution is -0.139. The van der Waals surface area contributed by atoms with E-state index >= 15 is 0 Å². The number of methoxy groups -OCH3 is 1. The molecular formula is C17H19N3O5. The molecule has 132 valence electrons. The van der Waals surface area contributed by atoms with E-state index in [1.807, 2.05) is 6.92 Å². The van der Waals surface area contributed by atoms with Gasteiger partial charge in [0.25, 0.3) is 0 Å². The monoisotopic (exact) mass is 345 g/mol. The lowest BCUT2D eigenvalue weighted by Crippen LogP contribution is -2.27. The molecule has 8 heteroatoms. The van der Waals surface area contributed by atoms with Crippen LogP contribution in [0.1, 0.15) is 29.7 Å². The molecule has 1 aliphatic heterocycles. The molecule has 0 saturated carbocycles. The van der Waals surface area contributed by atoms with Gasteiger partial charge in [-0.1, -0.05) is 6.07 Å². The number of H-pyrrole nitrogens is 1. The lowest BCUT2D eigenvalue weighted by Gasteiger charge is -2.26. The van der Waals surface area contributed by atoms with E-state index in [0.717, 1.165) is 5.69 Å². The summed E-state index contributed by atoms with van der Waals surface area (Å²) < 4.78 is 15.7. The molecule has 1 aliphatic rings. The third-order valence-electron chi connectivity index (χ3n) is 4.04. The molecule has 2 heterocycles. The van der Waals surface area contributed by atoms with E-state index in [1.165, 1.54) is 13.2 Å². The molecule has 1 aromatic carbocycles. The first-order chi connectivity index (χ1) is 12.0. The van der Waals surface area contributed by atoms with Crippen molar-refractivity contribution in [3.63, 3.8) is 0 Å². The van der Waals surface area contributed by atoms with Crippen LogP contribution in [0.15, 0.2) is 29.7 Å². The van der Waals surface area contributed by atoms with Crippen LogP contribution in [0, 0.1) is 6.92 Å². The molecule has 0 bridgehead atoms. The summed E-state index contributed by atoms with van der Waals surface area (Å²) in [6.45, 7) is 3.73. The Morgan fingerprint density at radius 1 is 1.48 bits per heavy atom. The summed E-state index contributed by atoms with van der Waals surface area (Å²) in [7, 11) is 1.46. The Hall–Kier alpha value is -3.16. The second-order valence-electron chi connectivity index (χ2n) is 5.53. The number of phenolic OH excluding ortho intramolecular Hbond substituents is 1. The lowest BCUT2D eigenvalue weighted by atomic mass is 9.83. The van der Waals surface area contributed by atoms with E-state index in [9.17, 15) is 9.90 Å². The van der Waals surface area contributed by atoms with E-state index < -0.39 is 11.9 Å². The predicted octanol–water partition coefficient (Wildman–Crippen LogP) is 1.69. The molecule has 4 N–H and O–H groups in total. The molecule has 1 aromatic heterocycles. The van der Waals surface area contributed by atoms with Crippen molar-refractivity contribution < 1.29 is 24.1 Å². The quantitative estimate of drug-likeness (QED) is 0.721. The number of rotatable bonds is 4. The molecule has 0 aliphatic carbocycles. The van der Waals surface area contributed by atoms with Crippen LogP contribution in [-0.2, 0) is 9.53 Å². The number of nitrogens with zero attached hydrogens (tertiary/aromatic N) is 1. The number of benzene rings is 1. The van der Waals surface area contributed by atoms with Gasteiger partial charge in [0, 0.05) is 11.3 Å². The Morgan fingerprint density at radius 3 is 2.88 bits per heavy atom. The molecule has 0 fully saturated rings. The number of aromatic nitrogens is 2. The molecule has 0 saturated heterocycles. The van der Waals surface area contributed by atoms with Crippen LogP contribution in [0.5, 0.6) is 17.4 Å². The Labute approximate surface area is 144 Å². The summed E-state index contributed by atoms with van der Waals surface area (Å²) in [6.07, 6.45) is 0. The van der Waals surface area contributed by atoms with Gasteiger partial charge in [-0.15, -0.1) is 5.10 Å². The summed E-state index contributed by atoms with van der Waals surface area (Å²) in [5.74, 6) is -0.656. The summed E-state index contributed by atoms with van der Waals surface area (Å²) >= 11 is 0. The highest BCUT2D eigenvalue weighted by Gasteiger charge is 2.38. The van der Waals surface area contributed by atoms with E-state index in [2.05, 4.69) is 10.2 Å². The Kier molecular flexibility index (Phi) is 4.26. The third-order valence-corrected chi connectivity index (χ3v) is 4.04. The first kappa shape index (κ1) is 16.7. The van der Waals surface area contributed by atoms with Crippen LogP contribution in [0.4, 0.5) is 0 Å². The maximum atomic E-state index is 12.5. The smallest absolute Gasteiger partial charge is 0.340 e. The van der Waals surface area contributed by atoms with Crippen molar-refractivity contribution in [2.75, 3.05) is 13.7 Å². The molecular weight excluding hydrogens is 326 g/mol. The number of nitrogens with two attached hydrogens (primary N) is 1. The van der Waals surface area contributed by atoms with Crippen molar-refractivity contribution in [2.24, 2.45) is 5.73 Å². The van der Waals surface area contributed by atoms with Gasteiger partial charge in [-0.2, -0.15) is 0 Å². The molecule has 25 heavy (non-hydrogen) atoms. The van der Waals surface area contributed by atoms with E-state index in [-0.39, 0.29) is 23.8 Å². The van der Waals surface area contributed by atoms with Crippen LogP contribution in [0.25, 0.3) is 0 Å². The van der Waals surface area contributed by atoms with Crippen LogP contribution in [0.3, 0.4) is 0 Å². The van der Waals surface area contributed by atoms with Gasteiger partial charge in [-0.3, -0.25) is 5.10 Å². The zero-order chi connectivity index (χ0) is 18.1. The topological polar surface area (TPSA) is 120 Å². The number of nitrogens with one attached hydrogen (secondary N) is 1. The Morgan fingerprint density at radius 2 is 2.24 bits per heavy atom. The maximum Gasteiger partial charge on any atom is 0.340 e. The standard InChI is InChI=1S/C17H19N3O5/c1-4-24-17(22)14-13(9-5-6-11(23-3)10(21)7-9)12-8(2)19-20-16(12)25-15(14)18/h5-7,13,21H,4,18H2,1-3H3,(H,19,20). The van der Waals surface area contributed by atoms with Gasteiger partial charge in [0.1, 0.15) is 5.57 Å². The minimum atomic E-state index is -0.585. The highest BCUT2D eigenvalue weighted by molar-refractivity contribution is 5.92. The molecule has 1 unspecified atom stereocenters. The summed E-state index contributed by atoms with van der Waals surface area (Å²) in [5, 5.41) is 17.1.